The molecule has 2 N–H and O–H groups in total. The minimum absolute atomic E-state index is 0.0115. The molecule has 1 aliphatic rings. The molecule has 1 unspecified atom stereocenters. The van der Waals surface area contributed by atoms with Crippen LogP contribution in [0.15, 0.2) is 24.3 Å². The summed E-state index contributed by atoms with van der Waals surface area (Å²) in [6, 6.07) is 6.79. The summed E-state index contributed by atoms with van der Waals surface area (Å²) in [6.45, 7) is 2.09. The molecule has 2 rings (SSSR count). The Morgan fingerprint density at radius 1 is 1.43 bits per heavy atom. The van der Waals surface area contributed by atoms with Gasteiger partial charge < -0.3 is 15.4 Å². The van der Waals surface area contributed by atoms with Gasteiger partial charge >= 0.3 is 5.97 Å². The molecule has 5 nitrogen and oxygen atoms in total. The van der Waals surface area contributed by atoms with Gasteiger partial charge in [0.2, 0.25) is 5.91 Å². The Morgan fingerprint density at radius 3 is 3.00 bits per heavy atom. The van der Waals surface area contributed by atoms with Gasteiger partial charge in [-0.25, -0.2) is 4.79 Å². The molecular weight excluding hydrogens is 268 g/mol. The van der Waals surface area contributed by atoms with Gasteiger partial charge in [-0.3, -0.25) is 4.79 Å². The van der Waals surface area contributed by atoms with E-state index >= 15 is 0 Å². The van der Waals surface area contributed by atoms with Gasteiger partial charge in [0.15, 0.2) is 0 Å². The first-order valence-corrected chi connectivity index (χ1v) is 7.38. The van der Waals surface area contributed by atoms with Crippen LogP contribution in [0, 0.1) is 5.92 Å². The Balaban J connectivity index is 1.83. The molecule has 0 bridgehead atoms. The van der Waals surface area contributed by atoms with Gasteiger partial charge in [-0.2, -0.15) is 0 Å². The van der Waals surface area contributed by atoms with Crippen LogP contribution in [-0.2, 0) is 9.53 Å². The lowest BCUT2D eigenvalue weighted by Crippen LogP contribution is -2.30. The lowest BCUT2D eigenvalue weighted by atomic mass is 9.94. The Bertz CT molecular complexity index is 496. The molecule has 1 atom stereocenters. The summed E-state index contributed by atoms with van der Waals surface area (Å²) in [5.41, 5.74) is 1.07. The van der Waals surface area contributed by atoms with Crippen molar-refractivity contribution in [3.63, 3.8) is 0 Å². The Kier molecular flexibility index (Phi) is 5.75. The summed E-state index contributed by atoms with van der Waals surface area (Å²) in [5, 5.41) is 6.19. The fourth-order valence-electron chi connectivity index (χ4n) is 2.57. The molecule has 114 valence electrons. The molecule has 1 heterocycles. The minimum Gasteiger partial charge on any atom is -0.465 e. The molecule has 0 saturated carbocycles. The smallest absolute Gasteiger partial charge is 0.337 e. The largest absolute Gasteiger partial charge is 0.465 e. The van der Waals surface area contributed by atoms with Crippen molar-refractivity contribution in [1.29, 1.82) is 0 Å². The number of amides is 1. The first-order valence-electron chi connectivity index (χ1n) is 7.38. The maximum atomic E-state index is 12.0. The van der Waals surface area contributed by atoms with Crippen LogP contribution in [0.2, 0.25) is 0 Å². The highest BCUT2D eigenvalue weighted by Gasteiger charge is 2.14. The highest BCUT2D eigenvalue weighted by atomic mass is 16.5. The van der Waals surface area contributed by atoms with Crippen LogP contribution in [0.5, 0.6) is 0 Å². The molecule has 1 aromatic rings. The monoisotopic (exact) mass is 290 g/mol. The van der Waals surface area contributed by atoms with Crippen LogP contribution < -0.4 is 10.6 Å². The number of piperidine rings is 1. The molecule has 1 aromatic carbocycles. The number of rotatable bonds is 5. The number of benzene rings is 1. The standard InChI is InChI=1S/C16H22N2O3/c1-21-16(20)13-5-2-6-14(10-13)18-15(19)8-7-12-4-3-9-17-11-12/h2,5-6,10,12,17H,3-4,7-9,11H2,1H3,(H,18,19). The highest BCUT2D eigenvalue weighted by molar-refractivity contribution is 5.94. The van der Waals surface area contributed by atoms with Gasteiger partial charge in [0, 0.05) is 12.1 Å². The third-order valence-electron chi connectivity index (χ3n) is 3.75. The van der Waals surface area contributed by atoms with Gasteiger partial charge in [-0.15, -0.1) is 0 Å². The van der Waals surface area contributed by atoms with Crippen molar-refractivity contribution >= 4 is 17.6 Å². The van der Waals surface area contributed by atoms with Gasteiger partial charge in [0.1, 0.15) is 0 Å². The van der Waals surface area contributed by atoms with Crippen LogP contribution in [0.4, 0.5) is 5.69 Å². The SMILES string of the molecule is COC(=O)c1cccc(NC(=O)CCC2CCCNC2)c1. The van der Waals surface area contributed by atoms with E-state index in [1.54, 1.807) is 24.3 Å². The Hall–Kier alpha value is -1.88. The van der Waals surface area contributed by atoms with E-state index in [4.69, 9.17) is 0 Å². The topological polar surface area (TPSA) is 67.4 Å². The molecule has 0 spiro atoms. The van der Waals surface area contributed by atoms with Gasteiger partial charge in [-0.1, -0.05) is 6.07 Å². The second-order valence-electron chi connectivity index (χ2n) is 5.37. The second kappa shape index (κ2) is 7.78. The summed E-state index contributed by atoms with van der Waals surface area (Å²) in [7, 11) is 1.34. The summed E-state index contributed by atoms with van der Waals surface area (Å²) in [5.74, 6) is 0.174. The number of carbonyl (C=O) groups excluding carboxylic acids is 2. The van der Waals surface area contributed by atoms with E-state index in [0.29, 0.717) is 23.6 Å². The van der Waals surface area contributed by atoms with Crippen molar-refractivity contribution < 1.29 is 14.3 Å². The van der Waals surface area contributed by atoms with Crippen molar-refractivity contribution in [3.8, 4) is 0 Å². The highest BCUT2D eigenvalue weighted by Crippen LogP contribution is 2.17. The molecule has 1 saturated heterocycles. The lowest BCUT2D eigenvalue weighted by molar-refractivity contribution is -0.116. The summed E-state index contributed by atoms with van der Waals surface area (Å²) in [4.78, 5) is 23.4. The third kappa shape index (κ3) is 4.86. The van der Waals surface area contributed by atoms with Crippen molar-refractivity contribution in [3.05, 3.63) is 29.8 Å². The van der Waals surface area contributed by atoms with E-state index in [1.807, 2.05) is 0 Å². The number of esters is 1. The molecule has 21 heavy (non-hydrogen) atoms. The first kappa shape index (κ1) is 15.5. The van der Waals surface area contributed by atoms with Crippen molar-refractivity contribution in [1.82, 2.24) is 5.32 Å². The van der Waals surface area contributed by atoms with Crippen molar-refractivity contribution in [2.75, 3.05) is 25.5 Å². The molecule has 0 aromatic heterocycles. The molecular formula is C16H22N2O3. The quantitative estimate of drug-likeness (QED) is 0.816. The van der Waals surface area contributed by atoms with Gasteiger partial charge in [-0.05, 0) is 56.5 Å². The Labute approximate surface area is 125 Å². The van der Waals surface area contributed by atoms with E-state index in [-0.39, 0.29) is 5.91 Å². The fourth-order valence-corrected chi connectivity index (χ4v) is 2.57. The molecule has 1 fully saturated rings. The second-order valence-corrected chi connectivity index (χ2v) is 5.37. The lowest BCUT2D eigenvalue weighted by Gasteiger charge is -2.22. The van der Waals surface area contributed by atoms with E-state index in [2.05, 4.69) is 15.4 Å². The number of hydrogen-bond acceptors (Lipinski definition) is 4. The first-order chi connectivity index (χ1) is 10.2. The van der Waals surface area contributed by atoms with E-state index < -0.39 is 5.97 Å². The molecule has 1 aliphatic heterocycles. The summed E-state index contributed by atoms with van der Waals surface area (Å²) < 4.78 is 4.66. The van der Waals surface area contributed by atoms with Crippen molar-refractivity contribution in [2.45, 2.75) is 25.7 Å². The number of anilines is 1. The zero-order valence-electron chi connectivity index (χ0n) is 12.4. The average molecular weight is 290 g/mol. The van der Waals surface area contributed by atoms with Crippen LogP contribution in [0.25, 0.3) is 0 Å². The summed E-state index contributed by atoms with van der Waals surface area (Å²) >= 11 is 0. The number of carbonyl (C=O) groups is 2. The van der Waals surface area contributed by atoms with Crippen LogP contribution in [0.1, 0.15) is 36.0 Å². The van der Waals surface area contributed by atoms with E-state index in [0.717, 1.165) is 19.5 Å². The van der Waals surface area contributed by atoms with Crippen LogP contribution >= 0.6 is 0 Å². The third-order valence-corrected chi connectivity index (χ3v) is 3.75. The molecule has 0 radical (unpaired) electrons. The number of nitrogens with one attached hydrogen (secondary N) is 2. The number of methoxy groups -OCH3 is 1. The molecule has 0 aliphatic carbocycles. The number of hydrogen-bond donors (Lipinski definition) is 2. The average Bonchev–Trinajstić information content (AvgIpc) is 2.53. The predicted octanol–water partition coefficient (Wildman–Crippen LogP) is 2.19. The molecule has 5 heteroatoms. The Morgan fingerprint density at radius 2 is 2.29 bits per heavy atom. The molecule has 1 amide bonds. The van der Waals surface area contributed by atoms with Crippen molar-refractivity contribution in [2.24, 2.45) is 5.92 Å². The maximum absolute atomic E-state index is 12.0. The number of ether oxygens (including phenoxy) is 1. The van der Waals surface area contributed by atoms with Gasteiger partial charge in [0.05, 0.1) is 12.7 Å². The maximum Gasteiger partial charge on any atom is 0.337 e. The van der Waals surface area contributed by atoms with Crippen LogP contribution in [0.3, 0.4) is 0 Å². The zero-order valence-corrected chi connectivity index (χ0v) is 12.4. The minimum atomic E-state index is -0.403. The normalized spacial score (nSPS) is 18.0. The summed E-state index contributed by atoms with van der Waals surface area (Å²) in [6.07, 6.45) is 3.79. The van der Waals surface area contributed by atoms with E-state index in [1.165, 1.54) is 20.0 Å². The predicted molar refractivity (Wildman–Crippen MR) is 81.2 cm³/mol. The van der Waals surface area contributed by atoms with E-state index in [9.17, 15) is 9.59 Å². The zero-order chi connectivity index (χ0) is 15.1. The van der Waals surface area contributed by atoms with Crippen LogP contribution in [-0.4, -0.2) is 32.1 Å². The van der Waals surface area contributed by atoms with Gasteiger partial charge in [0.25, 0.3) is 0 Å². The fraction of sp³-hybridized carbons (Fsp3) is 0.500.